The summed E-state index contributed by atoms with van der Waals surface area (Å²) >= 11 is 0. The molecule has 0 spiro atoms. The Morgan fingerprint density at radius 3 is 2.53 bits per heavy atom. The van der Waals surface area contributed by atoms with Crippen molar-refractivity contribution < 1.29 is 13.6 Å². The van der Waals surface area contributed by atoms with Gasteiger partial charge in [0.1, 0.15) is 11.4 Å². The van der Waals surface area contributed by atoms with Crippen molar-refractivity contribution >= 4 is 22.6 Å². The summed E-state index contributed by atoms with van der Waals surface area (Å²) < 4.78 is 18.8. The highest BCUT2D eigenvalue weighted by Gasteiger charge is 2.17. The molecule has 3 aromatic rings. The van der Waals surface area contributed by atoms with Crippen LogP contribution in [0, 0.1) is 19.7 Å². The molecule has 5 nitrogen and oxygen atoms in total. The summed E-state index contributed by atoms with van der Waals surface area (Å²) in [4.78, 5) is 17.0. The molecule has 2 aromatic carbocycles. The van der Waals surface area contributed by atoms with E-state index in [1.54, 1.807) is 6.26 Å². The largest absolute Gasteiger partial charge is 0.464 e. The van der Waals surface area contributed by atoms with Crippen molar-refractivity contribution in [2.75, 3.05) is 44.2 Å². The minimum absolute atomic E-state index is 0.0147. The maximum absolute atomic E-state index is 13.1. The average molecular weight is 410 g/mol. The molecule has 0 saturated carbocycles. The van der Waals surface area contributed by atoms with Gasteiger partial charge in [-0.2, -0.15) is 0 Å². The lowest BCUT2D eigenvalue weighted by atomic mass is 10.0. The van der Waals surface area contributed by atoms with Gasteiger partial charge in [-0.15, -0.1) is 0 Å². The summed E-state index contributed by atoms with van der Waals surface area (Å²) in [6.07, 6.45) is 2.03. The van der Waals surface area contributed by atoms with E-state index in [0.717, 1.165) is 60.5 Å². The number of amides is 1. The van der Waals surface area contributed by atoms with E-state index in [9.17, 15) is 9.18 Å². The van der Waals surface area contributed by atoms with Crippen molar-refractivity contribution in [1.82, 2.24) is 10.2 Å². The molecular weight excluding hydrogens is 381 g/mol. The van der Waals surface area contributed by atoms with Gasteiger partial charge in [-0.05, 0) is 49.2 Å². The number of furan rings is 1. The summed E-state index contributed by atoms with van der Waals surface area (Å²) in [6.45, 7) is 9.22. The minimum Gasteiger partial charge on any atom is -0.464 e. The number of aryl methyl sites for hydroxylation is 2. The third-order valence-electron chi connectivity index (χ3n) is 6.01. The fourth-order valence-electron chi connectivity index (χ4n) is 4.00. The van der Waals surface area contributed by atoms with Crippen molar-refractivity contribution in [3.63, 3.8) is 0 Å². The third kappa shape index (κ3) is 4.49. The lowest BCUT2D eigenvalue weighted by Gasteiger charge is -2.36. The third-order valence-corrected chi connectivity index (χ3v) is 6.01. The Bertz CT molecular complexity index is 1020. The average Bonchev–Trinajstić information content (AvgIpc) is 3.15. The molecular formula is C24H28FN3O2. The van der Waals surface area contributed by atoms with Gasteiger partial charge in [0.25, 0.3) is 0 Å². The molecule has 1 N–H and O–H groups in total. The first-order valence-corrected chi connectivity index (χ1v) is 10.5. The number of benzene rings is 2. The Morgan fingerprint density at radius 1 is 1.07 bits per heavy atom. The van der Waals surface area contributed by atoms with Crippen molar-refractivity contribution in [2.24, 2.45) is 0 Å². The van der Waals surface area contributed by atoms with E-state index in [1.165, 1.54) is 17.7 Å². The number of nitrogens with one attached hydrogen (secondary N) is 1. The van der Waals surface area contributed by atoms with Crippen molar-refractivity contribution in [3.8, 4) is 0 Å². The quantitative estimate of drug-likeness (QED) is 0.675. The summed E-state index contributed by atoms with van der Waals surface area (Å²) in [5, 5.41) is 4.05. The van der Waals surface area contributed by atoms with E-state index in [-0.39, 0.29) is 11.7 Å². The second-order valence-corrected chi connectivity index (χ2v) is 7.98. The Kier molecular flexibility index (Phi) is 6.04. The number of piperazine rings is 1. The molecule has 2 heterocycles. The second kappa shape index (κ2) is 8.88. The van der Waals surface area contributed by atoms with Crippen molar-refractivity contribution in [3.05, 3.63) is 65.2 Å². The van der Waals surface area contributed by atoms with Gasteiger partial charge in [-0.1, -0.05) is 12.1 Å². The monoisotopic (exact) mass is 409 g/mol. The molecule has 30 heavy (non-hydrogen) atoms. The van der Waals surface area contributed by atoms with E-state index < -0.39 is 0 Å². The van der Waals surface area contributed by atoms with Crippen LogP contribution in [0.3, 0.4) is 0 Å². The lowest BCUT2D eigenvalue weighted by molar-refractivity contribution is -0.120. The van der Waals surface area contributed by atoms with Crippen molar-refractivity contribution in [1.29, 1.82) is 0 Å². The predicted octanol–water partition coefficient (Wildman–Crippen LogP) is 3.67. The SMILES string of the molecule is Cc1ccc2c(CC(=O)NCCN3CCN(c4ccc(F)cc4)CC3)coc2c1C. The summed E-state index contributed by atoms with van der Waals surface area (Å²) in [6, 6.07) is 10.8. The van der Waals surface area contributed by atoms with Crippen LogP contribution >= 0.6 is 0 Å². The number of fused-ring (bicyclic) bond motifs is 1. The number of hydrogen-bond acceptors (Lipinski definition) is 4. The Balaban J connectivity index is 1.22. The normalized spacial score (nSPS) is 15.0. The van der Waals surface area contributed by atoms with Crippen LogP contribution < -0.4 is 10.2 Å². The first-order valence-electron chi connectivity index (χ1n) is 10.5. The zero-order valence-electron chi connectivity index (χ0n) is 17.6. The van der Waals surface area contributed by atoms with Crippen LogP contribution in [-0.4, -0.2) is 50.1 Å². The lowest BCUT2D eigenvalue weighted by Crippen LogP contribution is -2.48. The molecule has 0 bridgehead atoms. The highest BCUT2D eigenvalue weighted by molar-refractivity contribution is 5.89. The number of carbonyl (C=O) groups is 1. The topological polar surface area (TPSA) is 48.7 Å². The highest BCUT2D eigenvalue weighted by atomic mass is 19.1. The van der Waals surface area contributed by atoms with Crippen molar-refractivity contribution in [2.45, 2.75) is 20.3 Å². The molecule has 0 aliphatic carbocycles. The van der Waals surface area contributed by atoms with E-state index in [4.69, 9.17) is 4.42 Å². The van der Waals surface area contributed by atoms with Crippen LogP contribution in [0.4, 0.5) is 10.1 Å². The number of anilines is 1. The predicted molar refractivity (Wildman–Crippen MR) is 117 cm³/mol. The van der Waals surface area contributed by atoms with Gasteiger partial charge in [-0.25, -0.2) is 4.39 Å². The highest BCUT2D eigenvalue weighted by Crippen LogP contribution is 2.26. The van der Waals surface area contributed by atoms with Gasteiger partial charge in [0.05, 0.1) is 12.7 Å². The van der Waals surface area contributed by atoms with Crippen LogP contribution in [0.15, 0.2) is 47.1 Å². The molecule has 1 fully saturated rings. The second-order valence-electron chi connectivity index (χ2n) is 7.98. The van der Waals surface area contributed by atoms with Gasteiger partial charge in [0.2, 0.25) is 5.91 Å². The number of hydrogen-bond donors (Lipinski definition) is 1. The van der Waals surface area contributed by atoms with E-state index in [0.29, 0.717) is 13.0 Å². The van der Waals surface area contributed by atoms with Crippen LogP contribution in [0.1, 0.15) is 16.7 Å². The fourth-order valence-corrected chi connectivity index (χ4v) is 4.00. The van der Waals surface area contributed by atoms with Crippen LogP contribution in [-0.2, 0) is 11.2 Å². The van der Waals surface area contributed by atoms with Crippen LogP contribution in [0.25, 0.3) is 11.0 Å². The van der Waals surface area contributed by atoms with Gasteiger partial charge in [-0.3, -0.25) is 9.69 Å². The molecule has 4 rings (SSSR count). The Morgan fingerprint density at radius 2 is 1.80 bits per heavy atom. The first kappa shape index (κ1) is 20.4. The summed E-state index contributed by atoms with van der Waals surface area (Å²) in [5.74, 6) is -0.192. The number of rotatable bonds is 6. The number of halogens is 1. The summed E-state index contributed by atoms with van der Waals surface area (Å²) in [7, 11) is 0. The Hall–Kier alpha value is -2.86. The summed E-state index contributed by atoms with van der Waals surface area (Å²) in [5.41, 5.74) is 5.17. The van der Waals surface area contributed by atoms with Gasteiger partial charge in [0.15, 0.2) is 0 Å². The molecule has 1 saturated heterocycles. The first-order chi connectivity index (χ1) is 14.5. The zero-order valence-corrected chi connectivity index (χ0v) is 17.6. The molecule has 0 atom stereocenters. The molecule has 6 heteroatoms. The van der Waals surface area contributed by atoms with Gasteiger partial charge >= 0.3 is 0 Å². The van der Waals surface area contributed by atoms with E-state index in [2.05, 4.69) is 28.1 Å². The molecule has 1 aliphatic heterocycles. The number of carbonyl (C=O) groups excluding carboxylic acids is 1. The molecule has 1 aromatic heterocycles. The molecule has 1 amide bonds. The fraction of sp³-hybridized carbons (Fsp3) is 0.375. The zero-order chi connectivity index (χ0) is 21.1. The standard InChI is InChI=1S/C24H28FN3O2/c1-17-3-8-22-19(16-30-24(22)18(17)2)15-23(29)26-9-10-27-11-13-28(14-12-27)21-6-4-20(25)5-7-21/h3-8,16H,9-15H2,1-2H3,(H,26,29). The van der Waals surface area contributed by atoms with Gasteiger partial charge < -0.3 is 14.6 Å². The van der Waals surface area contributed by atoms with Crippen LogP contribution in [0.2, 0.25) is 0 Å². The van der Waals surface area contributed by atoms with E-state index in [1.807, 2.05) is 25.1 Å². The molecule has 1 aliphatic rings. The van der Waals surface area contributed by atoms with Gasteiger partial charge in [0, 0.05) is 55.9 Å². The number of nitrogens with zero attached hydrogens (tertiary/aromatic N) is 2. The maximum atomic E-state index is 13.1. The molecule has 158 valence electrons. The van der Waals surface area contributed by atoms with E-state index >= 15 is 0 Å². The molecule has 0 unspecified atom stereocenters. The smallest absolute Gasteiger partial charge is 0.224 e. The van der Waals surface area contributed by atoms with Crippen LogP contribution in [0.5, 0.6) is 0 Å². The molecule has 0 radical (unpaired) electrons. The maximum Gasteiger partial charge on any atom is 0.224 e. The Labute approximate surface area is 176 Å². The minimum atomic E-state index is -0.207.